The smallest absolute Gasteiger partial charge is 0.299 e. The number of hydrogen-bond acceptors (Lipinski definition) is 3. The Morgan fingerprint density at radius 1 is 1.26 bits per heavy atom. The number of benzene rings is 1. The standard InChI is InChI=1S/C13H23N3O2S/c1-4-8-15-19(17,18)16-13-7-5-6-12(9-13)10-14-11(2)3/h5-7,9,11,14-16H,4,8,10H2,1-3H3. The molecule has 0 aliphatic heterocycles. The van der Waals surface area contributed by atoms with Crippen molar-refractivity contribution in [3.8, 4) is 0 Å². The highest BCUT2D eigenvalue weighted by Crippen LogP contribution is 2.12. The monoisotopic (exact) mass is 285 g/mol. The van der Waals surface area contributed by atoms with Gasteiger partial charge in [0.2, 0.25) is 0 Å². The van der Waals surface area contributed by atoms with Crippen LogP contribution in [0.5, 0.6) is 0 Å². The van der Waals surface area contributed by atoms with Gasteiger partial charge in [0.05, 0.1) is 5.69 Å². The molecule has 1 aromatic rings. The number of anilines is 1. The van der Waals surface area contributed by atoms with Crippen molar-refractivity contribution in [1.29, 1.82) is 0 Å². The van der Waals surface area contributed by atoms with Gasteiger partial charge in [0.1, 0.15) is 0 Å². The molecule has 0 saturated heterocycles. The third-order valence-electron chi connectivity index (χ3n) is 2.44. The first kappa shape index (κ1) is 15.9. The van der Waals surface area contributed by atoms with Crippen LogP contribution in [-0.2, 0) is 16.8 Å². The Morgan fingerprint density at radius 2 is 2.00 bits per heavy atom. The fraction of sp³-hybridized carbons (Fsp3) is 0.538. The third-order valence-corrected chi connectivity index (χ3v) is 3.52. The van der Waals surface area contributed by atoms with E-state index in [0.717, 1.165) is 18.5 Å². The van der Waals surface area contributed by atoms with Crippen molar-refractivity contribution in [3.63, 3.8) is 0 Å². The second kappa shape index (κ2) is 7.47. The lowest BCUT2D eigenvalue weighted by Gasteiger charge is -2.11. The summed E-state index contributed by atoms with van der Waals surface area (Å²) in [5, 5.41) is 3.29. The number of nitrogens with one attached hydrogen (secondary N) is 3. The van der Waals surface area contributed by atoms with Crippen LogP contribution >= 0.6 is 0 Å². The Kier molecular flexibility index (Phi) is 6.27. The zero-order chi connectivity index (χ0) is 14.3. The maximum Gasteiger partial charge on any atom is 0.299 e. The molecule has 5 nitrogen and oxygen atoms in total. The van der Waals surface area contributed by atoms with E-state index in [1.165, 1.54) is 0 Å². The minimum absolute atomic E-state index is 0.395. The molecule has 0 amide bonds. The van der Waals surface area contributed by atoms with Crippen LogP contribution in [-0.4, -0.2) is 21.0 Å². The summed E-state index contributed by atoms with van der Waals surface area (Å²) in [6.45, 7) is 7.21. The van der Waals surface area contributed by atoms with Crippen LogP contribution < -0.4 is 14.8 Å². The van der Waals surface area contributed by atoms with Gasteiger partial charge >= 0.3 is 0 Å². The average Bonchev–Trinajstić information content (AvgIpc) is 2.34. The fourth-order valence-electron chi connectivity index (χ4n) is 1.49. The Balaban J connectivity index is 2.66. The minimum Gasteiger partial charge on any atom is -0.310 e. The van der Waals surface area contributed by atoms with E-state index < -0.39 is 10.2 Å². The Hall–Kier alpha value is -1.11. The highest BCUT2D eigenvalue weighted by molar-refractivity contribution is 7.90. The summed E-state index contributed by atoms with van der Waals surface area (Å²) in [5.41, 5.74) is 1.62. The number of hydrogen-bond donors (Lipinski definition) is 3. The van der Waals surface area contributed by atoms with E-state index in [9.17, 15) is 8.42 Å². The second-order valence-electron chi connectivity index (χ2n) is 4.74. The Morgan fingerprint density at radius 3 is 2.63 bits per heavy atom. The van der Waals surface area contributed by atoms with Crippen LogP contribution in [0.3, 0.4) is 0 Å². The molecule has 1 aromatic carbocycles. The van der Waals surface area contributed by atoms with Gasteiger partial charge in [0, 0.05) is 19.1 Å². The Bertz CT molecular complexity index is 486. The minimum atomic E-state index is -3.47. The van der Waals surface area contributed by atoms with Gasteiger partial charge in [0.25, 0.3) is 10.2 Å². The first-order valence-corrected chi connectivity index (χ1v) is 8.01. The molecule has 0 radical (unpaired) electrons. The van der Waals surface area contributed by atoms with Crippen molar-refractivity contribution < 1.29 is 8.42 Å². The predicted octanol–water partition coefficient (Wildman–Crippen LogP) is 1.84. The SMILES string of the molecule is CCCNS(=O)(=O)Nc1cccc(CNC(C)C)c1. The van der Waals surface area contributed by atoms with Crippen LogP contribution in [0.2, 0.25) is 0 Å². The van der Waals surface area contributed by atoms with Gasteiger partial charge in [-0.05, 0) is 24.1 Å². The van der Waals surface area contributed by atoms with Crippen molar-refractivity contribution in [2.24, 2.45) is 0 Å². The lowest BCUT2D eigenvalue weighted by Crippen LogP contribution is -2.30. The summed E-state index contributed by atoms with van der Waals surface area (Å²) < 4.78 is 28.4. The van der Waals surface area contributed by atoms with Gasteiger partial charge in [0.15, 0.2) is 0 Å². The quantitative estimate of drug-likeness (QED) is 0.682. The van der Waals surface area contributed by atoms with Gasteiger partial charge in [-0.25, -0.2) is 0 Å². The van der Waals surface area contributed by atoms with Crippen LogP contribution in [0, 0.1) is 0 Å². The molecule has 0 heterocycles. The van der Waals surface area contributed by atoms with Crippen molar-refractivity contribution in [2.75, 3.05) is 11.3 Å². The summed E-state index contributed by atoms with van der Waals surface area (Å²) in [4.78, 5) is 0. The molecular formula is C13H23N3O2S. The first-order valence-electron chi connectivity index (χ1n) is 6.52. The third kappa shape index (κ3) is 6.56. The lowest BCUT2D eigenvalue weighted by atomic mass is 10.2. The van der Waals surface area contributed by atoms with Gasteiger partial charge in [-0.3, -0.25) is 4.72 Å². The normalized spacial score (nSPS) is 11.8. The van der Waals surface area contributed by atoms with E-state index in [-0.39, 0.29) is 0 Å². The first-order chi connectivity index (χ1) is 8.93. The van der Waals surface area contributed by atoms with Gasteiger partial charge in [-0.1, -0.05) is 32.9 Å². The molecule has 3 N–H and O–H groups in total. The molecule has 0 saturated carbocycles. The molecular weight excluding hydrogens is 262 g/mol. The van der Waals surface area contributed by atoms with Gasteiger partial charge in [-0.2, -0.15) is 13.1 Å². The molecule has 0 aromatic heterocycles. The lowest BCUT2D eigenvalue weighted by molar-refractivity contribution is 0.585. The molecule has 0 bridgehead atoms. The van der Waals surface area contributed by atoms with Crippen molar-refractivity contribution in [1.82, 2.24) is 10.0 Å². The van der Waals surface area contributed by atoms with Crippen LogP contribution in [0.15, 0.2) is 24.3 Å². The molecule has 19 heavy (non-hydrogen) atoms. The molecule has 0 fully saturated rings. The van der Waals surface area contributed by atoms with E-state index in [4.69, 9.17) is 0 Å². The van der Waals surface area contributed by atoms with Crippen LogP contribution in [0.25, 0.3) is 0 Å². The molecule has 0 spiro atoms. The topological polar surface area (TPSA) is 70.2 Å². The van der Waals surface area contributed by atoms with E-state index in [1.54, 1.807) is 6.07 Å². The average molecular weight is 285 g/mol. The maximum absolute atomic E-state index is 11.7. The maximum atomic E-state index is 11.7. The van der Waals surface area contributed by atoms with E-state index >= 15 is 0 Å². The van der Waals surface area contributed by atoms with Gasteiger partial charge in [-0.15, -0.1) is 0 Å². The van der Waals surface area contributed by atoms with E-state index in [1.807, 2.05) is 25.1 Å². The molecule has 1 rings (SSSR count). The molecule has 0 unspecified atom stereocenters. The predicted molar refractivity (Wildman–Crippen MR) is 79.3 cm³/mol. The summed E-state index contributed by atoms with van der Waals surface area (Å²) in [6, 6.07) is 7.78. The van der Waals surface area contributed by atoms with Crippen LogP contribution in [0.4, 0.5) is 5.69 Å². The van der Waals surface area contributed by atoms with E-state index in [2.05, 4.69) is 28.6 Å². The molecule has 6 heteroatoms. The molecule has 0 aliphatic rings. The fourth-order valence-corrected chi connectivity index (χ4v) is 2.48. The van der Waals surface area contributed by atoms with Crippen molar-refractivity contribution >= 4 is 15.9 Å². The van der Waals surface area contributed by atoms with Crippen LogP contribution in [0.1, 0.15) is 32.8 Å². The highest BCUT2D eigenvalue weighted by Gasteiger charge is 2.08. The second-order valence-corrected chi connectivity index (χ2v) is 6.24. The Labute approximate surface area is 116 Å². The van der Waals surface area contributed by atoms with Gasteiger partial charge < -0.3 is 5.32 Å². The van der Waals surface area contributed by atoms with E-state index in [0.29, 0.717) is 18.3 Å². The number of rotatable bonds is 8. The molecule has 0 aliphatic carbocycles. The molecule has 0 atom stereocenters. The van der Waals surface area contributed by atoms with Crippen molar-refractivity contribution in [3.05, 3.63) is 29.8 Å². The summed E-state index contributed by atoms with van der Waals surface area (Å²) in [5.74, 6) is 0. The summed E-state index contributed by atoms with van der Waals surface area (Å²) >= 11 is 0. The summed E-state index contributed by atoms with van der Waals surface area (Å²) in [6.07, 6.45) is 0.763. The largest absolute Gasteiger partial charge is 0.310 e. The molecule has 108 valence electrons. The van der Waals surface area contributed by atoms with Crippen molar-refractivity contribution in [2.45, 2.75) is 39.8 Å². The summed E-state index contributed by atoms with van der Waals surface area (Å²) in [7, 11) is -3.47. The highest BCUT2D eigenvalue weighted by atomic mass is 32.2. The zero-order valence-corrected chi connectivity index (χ0v) is 12.5. The zero-order valence-electron chi connectivity index (χ0n) is 11.7.